The topological polar surface area (TPSA) is 60.7 Å². The standard InChI is InChI=1S/C29H48O3/c1-7-29(32,18(2)3)15-10-19(4)22-8-9-23-21-17-26(31)25-16-20(30)11-13-28(25,6)24(21)12-14-27(22,23)5/h7,16,18-24,26,30-32H,1,8-15,17H2,2-6H3/t19-,20+,21+,22-,23+,24+,26-,27-,28-,29-/m1/s1. The molecule has 3 saturated carbocycles. The number of fused-ring (bicyclic) bond motifs is 5. The summed E-state index contributed by atoms with van der Waals surface area (Å²) in [6.45, 7) is 15.4. The van der Waals surface area contributed by atoms with E-state index < -0.39 is 5.60 Å². The van der Waals surface area contributed by atoms with E-state index in [0.29, 0.717) is 35.0 Å². The van der Waals surface area contributed by atoms with Gasteiger partial charge in [0.25, 0.3) is 0 Å². The summed E-state index contributed by atoms with van der Waals surface area (Å²) in [6.07, 6.45) is 12.7. The second-order valence-electron chi connectivity index (χ2n) is 12.9. The second kappa shape index (κ2) is 8.54. The van der Waals surface area contributed by atoms with Gasteiger partial charge in [-0.05, 0) is 110 Å². The van der Waals surface area contributed by atoms with Crippen molar-refractivity contribution in [1.29, 1.82) is 0 Å². The van der Waals surface area contributed by atoms with E-state index in [-0.39, 0.29) is 23.5 Å². The molecule has 4 rings (SSSR count). The van der Waals surface area contributed by atoms with Gasteiger partial charge in [-0.15, -0.1) is 6.58 Å². The van der Waals surface area contributed by atoms with Crippen LogP contribution in [-0.4, -0.2) is 33.1 Å². The van der Waals surface area contributed by atoms with Crippen LogP contribution in [0.4, 0.5) is 0 Å². The summed E-state index contributed by atoms with van der Waals surface area (Å²) >= 11 is 0. The van der Waals surface area contributed by atoms with Crippen LogP contribution < -0.4 is 0 Å². The van der Waals surface area contributed by atoms with Crippen LogP contribution in [0.1, 0.15) is 92.4 Å². The monoisotopic (exact) mass is 444 g/mol. The van der Waals surface area contributed by atoms with Crippen molar-refractivity contribution >= 4 is 0 Å². The van der Waals surface area contributed by atoms with E-state index in [2.05, 4.69) is 41.2 Å². The lowest BCUT2D eigenvalue weighted by atomic mass is 9.46. The third-order valence-electron chi connectivity index (χ3n) is 11.2. The van der Waals surface area contributed by atoms with Crippen molar-refractivity contribution in [2.24, 2.45) is 46.3 Å². The molecule has 0 heterocycles. The number of aliphatic hydroxyl groups is 3. The van der Waals surface area contributed by atoms with E-state index in [9.17, 15) is 15.3 Å². The van der Waals surface area contributed by atoms with Gasteiger partial charge in [0.05, 0.1) is 17.8 Å². The Balaban J connectivity index is 1.51. The van der Waals surface area contributed by atoms with E-state index in [1.807, 2.05) is 6.08 Å². The molecule has 0 spiro atoms. The van der Waals surface area contributed by atoms with Crippen molar-refractivity contribution < 1.29 is 15.3 Å². The summed E-state index contributed by atoms with van der Waals surface area (Å²) in [5.41, 5.74) is 0.781. The van der Waals surface area contributed by atoms with Gasteiger partial charge in [0.2, 0.25) is 0 Å². The predicted molar refractivity (Wildman–Crippen MR) is 131 cm³/mol. The van der Waals surface area contributed by atoms with E-state index >= 15 is 0 Å². The van der Waals surface area contributed by atoms with Gasteiger partial charge in [-0.25, -0.2) is 0 Å². The largest absolute Gasteiger partial charge is 0.389 e. The zero-order valence-corrected chi connectivity index (χ0v) is 21.2. The fraction of sp³-hybridized carbons (Fsp3) is 0.862. The van der Waals surface area contributed by atoms with Gasteiger partial charge in [-0.1, -0.05) is 46.8 Å². The summed E-state index contributed by atoms with van der Waals surface area (Å²) in [6, 6.07) is 0. The van der Waals surface area contributed by atoms with Gasteiger partial charge in [0.1, 0.15) is 0 Å². The molecule has 3 heteroatoms. The van der Waals surface area contributed by atoms with Crippen LogP contribution >= 0.6 is 0 Å². The molecule has 32 heavy (non-hydrogen) atoms. The molecule has 0 bridgehead atoms. The number of aliphatic hydroxyl groups excluding tert-OH is 2. The van der Waals surface area contributed by atoms with Crippen LogP contribution in [0, 0.1) is 46.3 Å². The minimum absolute atomic E-state index is 0.0598. The Bertz CT molecular complexity index is 743. The van der Waals surface area contributed by atoms with Crippen molar-refractivity contribution in [3.8, 4) is 0 Å². The highest BCUT2D eigenvalue weighted by Crippen LogP contribution is 2.67. The normalized spacial score (nSPS) is 46.5. The SMILES string of the molecule is C=C[C@@](O)(CC[C@@H](C)[C@H]1CC[C@H]2[C@@H]3C[C@@H](O)C4=C[C@@H](O)CC[C@]4(C)[C@H]3CC[C@]12C)C(C)C. The molecule has 0 radical (unpaired) electrons. The predicted octanol–water partition coefficient (Wildman–Crippen LogP) is 5.89. The smallest absolute Gasteiger partial charge is 0.0847 e. The molecule has 4 aliphatic carbocycles. The molecule has 0 saturated heterocycles. The third kappa shape index (κ3) is 3.75. The van der Waals surface area contributed by atoms with Crippen molar-refractivity contribution in [2.45, 2.75) is 110 Å². The summed E-state index contributed by atoms with van der Waals surface area (Å²) in [7, 11) is 0. The quantitative estimate of drug-likeness (QED) is 0.448. The Morgan fingerprint density at radius 1 is 1.09 bits per heavy atom. The number of hydrogen-bond acceptors (Lipinski definition) is 3. The lowest BCUT2D eigenvalue weighted by molar-refractivity contribution is -0.0882. The molecule has 182 valence electrons. The molecule has 3 nitrogen and oxygen atoms in total. The first-order valence-corrected chi connectivity index (χ1v) is 13.4. The Morgan fingerprint density at radius 2 is 1.81 bits per heavy atom. The average Bonchev–Trinajstić information content (AvgIpc) is 3.10. The van der Waals surface area contributed by atoms with E-state index in [1.165, 1.54) is 25.7 Å². The second-order valence-corrected chi connectivity index (χ2v) is 12.9. The molecule has 0 aromatic heterocycles. The van der Waals surface area contributed by atoms with Gasteiger partial charge in [0.15, 0.2) is 0 Å². The summed E-state index contributed by atoms with van der Waals surface area (Å²) < 4.78 is 0. The lowest BCUT2D eigenvalue weighted by Gasteiger charge is -2.60. The van der Waals surface area contributed by atoms with Gasteiger partial charge in [-0.2, -0.15) is 0 Å². The maximum absolute atomic E-state index is 11.1. The van der Waals surface area contributed by atoms with Crippen LogP contribution in [0.2, 0.25) is 0 Å². The van der Waals surface area contributed by atoms with Crippen LogP contribution in [0.5, 0.6) is 0 Å². The first kappa shape index (κ1) is 24.5. The van der Waals surface area contributed by atoms with Crippen LogP contribution in [0.3, 0.4) is 0 Å². The van der Waals surface area contributed by atoms with Crippen LogP contribution in [0.25, 0.3) is 0 Å². The Morgan fingerprint density at radius 3 is 2.47 bits per heavy atom. The number of hydrogen-bond donors (Lipinski definition) is 3. The first-order chi connectivity index (χ1) is 15.0. The van der Waals surface area contributed by atoms with Crippen LogP contribution in [-0.2, 0) is 0 Å². The summed E-state index contributed by atoms with van der Waals surface area (Å²) in [5.74, 6) is 3.41. The van der Waals surface area contributed by atoms with E-state index in [0.717, 1.165) is 37.7 Å². The lowest BCUT2D eigenvalue weighted by Crippen LogP contribution is -2.54. The molecule has 3 fully saturated rings. The molecule has 0 unspecified atom stereocenters. The third-order valence-corrected chi connectivity index (χ3v) is 11.2. The van der Waals surface area contributed by atoms with Gasteiger partial charge in [-0.3, -0.25) is 0 Å². The maximum atomic E-state index is 11.1. The fourth-order valence-electron chi connectivity index (χ4n) is 9.02. The van der Waals surface area contributed by atoms with Gasteiger partial charge < -0.3 is 15.3 Å². The average molecular weight is 445 g/mol. The molecule has 0 aliphatic heterocycles. The minimum atomic E-state index is -0.763. The zero-order chi connectivity index (χ0) is 23.5. The summed E-state index contributed by atoms with van der Waals surface area (Å²) in [4.78, 5) is 0. The Labute approximate surface area is 196 Å². The molecule has 4 aliphatic rings. The fourth-order valence-corrected chi connectivity index (χ4v) is 9.02. The first-order valence-electron chi connectivity index (χ1n) is 13.4. The van der Waals surface area contributed by atoms with E-state index in [4.69, 9.17) is 0 Å². The van der Waals surface area contributed by atoms with Crippen molar-refractivity contribution in [1.82, 2.24) is 0 Å². The zero-order valence-electron chi connectivity index (χ0n) is 21.2. The molecule has 10 atom stereocenters. The van der Waals surface area contributed by atoms with E-state index in [1.54, 1.807) is 6.08 Å². The highest BCUT2D eigenvalue weighted by molar-refractivity contribution is 5.29. The Kier molecular flexibility index (Phi) is 6.53. The molecular weight excluding hydrogens is 396 g/mol. The van der Waals surface area contributed by atoms with Crippen molar-refractivity contribution in [2.75, 3.05) is 0 Å². The molecule has 0 aromatic carbocycles. The highest BCUT2D eigenvalue weighted by atomic mass is 16.3. The van der Waals surface area contributed by atoms with Crippen molar-refractivity contribution in [3.63, 3.8) is 0 Å². The molecule has 3 N–H and O–H groups in total. The molecular formula is C29H48O3. The maximum Gasteiger partial charge on any atom is 0.0847 e. The Hall–Kier alpha value is -0.640. The minimum Gasteiger partial charge on any atom is -0.389 e. The van der Waals surface area contributed by atoms with Crippen LogP contribution in [0.15, 0.2) is 24.3 Å². The summed E-state index contributed by atoms with van der Waals surface area (Å²) in [5, 5.41) is 32.3. The van der Waals surface area contributed by atoms with Gasteiger partial charge >= 0.3 is 0 Å². The molecule has 0 aromatic rings. The highest BCUT2D eigenvalue weighted by Gasteiger charge is 2.60. The van der Waals surface area contributed by atoms with Gasteiger partial charge in [0, 0.05) is 0 Å². The van der Waals surface area contributed by atoms with Crippen molar-refractivity contribution in [3.05, 3.63) is 24.3 Å². The molecule has 0 amide bonds. The number of rotatable bonds is 6.